The third-order valence-corrected chi connectivity index (χ3v) is 6.52. The van der Waals surface area contributed by atoms with E-state index in [0.717, 1.165) is 26.1 Å². The van der Waals surface area contributed by atoms with Crippen molar-refractivity contribution >= 4 is 8.38 Å². The van der Waals surface area contributed by atoms with Crippen LogP contribution in [0.2, 0.25) is 0 Å². The van der Waals surface area contributed by atoms with Gasteiger partial charge >= 0.3 is 0 Å². The van der Waals surface area contributed by atoms with E-state index < -0.39 is 8.38 Å². The van der Waals surface area contributed by atoms with Crippen molar-refractivity contribution in [2.75, 3.05) is 54.4 Å². The highest BCUT2D eigenvalue weighted by molar-refractivity contribution is 7.47. The van der Waals surface area contributed by atoms with E-state index in [9.17, 15) is 0 Å². The average Bonchev–Trinajstić information content (AvgIpc) is 2.88. The van der Waals surface area contributed by atoms with Crippen LogP contribution in [0.1, 0.15) is 33.1 Å². The predicted octanol–water partition coefficient (Wildman–Crippen LogP) is 2.77. The lowest BCUT2D eigenvalue weighted by Gasteiger charge is -2.37. The van der Waals surface area contributed by atoms with Crippen molar-refractivity contribution in [3.05, 3.63) is 0 Å². The second-order valence-corrected chi connectivity index (χ2v) is 8.37. The van der Waals surface area contributed by atoms with Gasteiger partial charge in [-0.2, -0.15) is 5.26 Å². The molecule has 1 saturated heterocycles. The Morgan fingerprint density at radius 2 is 1.88 bits per heavy atom. The van der Waals surface area contributed by atoms with Gasteiger partial charge in [0.2, 0.25) is 8.38 Å². The molecule has 0 amide bonds. The van der Waals surface area contributed by atoms with E-state index in [0.29, 0.717) is 18.9 Å². The molecule has 0 saturated carbocycles. The first kappa shape index (κ1) is 21.8. The summed E-state index contributed by atoms with van der Waals surface area (Å²) < 4.78 is 12.6. The molecule has 1 fully saturated rings. The highest BCUT2D eigenvalue weighted by Crippen LogP contribution is 2.48. The maximum Gasteiger partial charge on any atom is 0.205 e. The number of nitriles is 1. The summed E-state index contributed by atoms with van der Waals surface area (Å²) in [4.78, 5) is 6.78. The summed E-state index contributed by atoms with van der Waals surface area (Å²) in [6.07, 6.45) is 2.92. The average molecular weight is 358 g/mol. The molecular formula is C17H35N4O2P. The van der Waals surface area contributed by atoms with Gasteiger partial charge in [0.1, 0.15) is 5.91 Å². The van der Waals surface area contributed by atoms with Gasteiger partial charge in [-0.15, -0.1) is 0 Å². The molecule has 24 heavy (non-hydrogen) atoms. The molecule has 3 atom stereocenters. The van der Waals surface area contributed by atoms with Crippen molar-refractivity contribution in [3.63, 3.8) is 0 Å². The Balaban J connectivity index is 2.80. The molecule has 0 N–H and O–H groups in total. The minimum atomic E-state index is -1.11. The van der Waals surface area contributed by atoms with Gasteiger partial charge in [0.25, 0.3) is 0 Å². The molecular weight excluding hydrogens is 323 g/mol. The van der Waals surface area contributed by atoms with E-state index in [1.54, 1.807) is 0 Å². The van der Waals surface area contributed by atoms with Gasteiger partial charge in [-0.3, -0.25) is 9.80 Å². The van der Waals surface area contributed by atoms with Crippen LogP contribution in [0.25, 0.3) is 0 Å². The van der Waals surface area contributed by atoms with Crippen molar-refractivity contribution in [1.82, 2.24) is 14.7 Å². The molecule has 0 aromatic heterocycles. The first-order valence-electron chi connectivity index (χ1n) is 8.95. The smallest absolute Gasteiger partial charge is 0.205 e. The van der Waals surface area contributed by atoms with Crippen molar-refractivity contribution in [3.8, 4) is 6.07 Å². The zero-order valence-corrected chi connectivity index (χ0v) is 17.1. The zero-order valence-electron chi connectivity index (χ0n) is 16.2. The van der Waals surface area contributed by atoms with Crippen LogP contribution < -0.4 is 0 Å². The first-order chi connectivity index (χ1) is 11.4. The Morgan fingerprint density at radius 1 is 1.21 bits per heavy atom. The molecule has 0 aromatic carbocycles. The molecule has 0 aromatic rings. The third kappa shape index (κ3) is 6.55. The van der Waals surface area contributed by atoms with Crippen LogP contribution in [0, 0.1) is 17.2 Å². The van der Waals surface area contributed by atoms with Gasteiger partial charge < -0.3 is 13.9 Å². The van der Waals surface area contributed by atoms with Gasteiger partial charge in [-0.25, -0.2) is 0 Å². The minimum absolute atomic E-state index is 0.0800. The lowest BCUT2D eigenvalue weighted by atomic mass is 10.0. The maximum atomic E-state index is 8.80. The molecule has 140 valence electrons. The molecule has 1 rings (SSSR count). The fourth-order valence-electron chi connectivity index (χ4n) is 3.24. The van der Waals surface area contributed by atoms with Gasteiger partial charge in [0.15, 0.2) is 0 Å². The Hall–Kier alpha value is -0.280. The molecule has 1 heterocycles. The van der Waals surface area contributed by atoms with E-state index in [4.69, 9.17) is 14.3 Å². The normalized spacial score (nSPS) is 23.3. The van der Waals surface area contributed by atoms with Crippen LogP contribution in [0.5, 0.6) is 0 Å². The van der Waals surface area contributed by atoms with Crippen molar-refractivity contribution in [2.24, 2.45) is 5.92 Å². The summed E-state index contributed by atoms with van der Waals surface area (Å²) in [5.74, 6) is 0.641. The van der Waals surface area contributed by atoms with E-state index in [-0.39, 0.29) is 12.0 Å². The summed E-state index contributed by atoms with van der Waals surface area (Å²) in [5.41, 5.74) is 0. The van der Waals surface area contributed by atoms with Crippen LogP contribution in [-0.4, -0.2) is 81.1 Å². The topological polar surface area (TPSA) is 52.0 Å². The summed E-state index contributed by atoms with van der Waals surface area (Å²) >= 11 is 0. The van der Waals surface area contributed by atoms with Crippen LogP contribution in [0.4, 0.5) is 0 Å². The molecule has 7 heteroatoms. The lowest BCUT2D eigenvalue weighted by molar-refractivity contribution is 0.109. The predicted molar refractivity (Wildman–Crippen MR) is 99.6 cm³/mol. The summed E-state index contributed by atoms with van der Waals surface area (Å²) in [6, 6.07) is 2.15. The number of likely N-dealkylation sites (tertiary alicyclic amines) is 1. The van der Waals surface area contributed by atoms with Gasteiger partial charge in [-0.05, 0) is 53.5 Å². The SMILES string of the molecule is CCCN1C[C@@H](CC)[C@@H](OP(OCCC#N)C(N(C)C)N(C)C)C1. The van der Waals surface area contributed by atoms with E-state index >= 15 is 0 Å². The van der Waals surface area contributed by atoms with E-state index in [2.05, 4.69) is 34.6 Å². The largest absolute Gasteiger partial charge is 0.331 e. The lowest BCUT2D eigenvalue weighted by Crippen LogP contribution is -2.41. The minimum Gasteiger partial charge on any atom is -0.331 e. The fraction of sp³-hybridized carbons (Fsp3) is 0.941. The van der Waals surface area contributed by atoms with Crippen LogP contribution in [0.3, 0.4) is 0 Å². The molecule has 0 spiro atoms. The van der Waals surface area contributed by atoms with Crippen LogP contribution in [0.15, 0.2) is 0 Å². The van der Waals surface area contributed by atoms with Crippen LogP contribution in [-0.2, 0) is 9.05 Å². The maximum absolute atomic E-state index is 8.80. The fourth-order valence-corrected chi connectivity index (χ4v) is 5.08. The number of hydrogen-bond acceptors (Lipinski definition) is 6. The number of nitrogens with zero attached hydrogens (tertiary/aromatic N) is 4. The Bertz CT molecular complexity index is 381. The van der Waals surface area contributed by atoms with Gasteiger partial charge in [0.05, 0.1) is 25.2 Å². The van der Waals surface area contributed by atoms with Crippen molar-refractivity contribution in [2.45, 2.75) is 45.1 Å². The van der Waals surface area contributed by atoms with Gasteiger partial charge in [0, 0.05) is 13.1 Å². The molecule has 0 bridgehead atoms. The standard InChI is InChI=1S/C17H35N4O2P/c1-7-11-21-13-15(8-2)16(14-21)23-24(22-12-9-10-18)17(19(3)4)20(5)6/h15-17H,7-9,11-14H2,1-6H3/t15-,16+,24?/m1/s1. The summed E-state index contributed by atoms with van der Waals surface area (Å²) in [7, 11) is 7.08. The number of rotatable bonds is 11. The van der Waals surface area contributed by atoms with E-state index in [1.807, 2.05) is 28.2 Å². The summed E-state index contributed by atoms with van der Waals surface area (Å²) in [5, 5.41) is 8.80. The highest BCUT2D eigenvalue weighted by atomic mass is 31.2. The molecule has 1 unspecified atom stereocenters. The first-order valence-corrected chi connectivity index (χ1v) is 10.2. The highest BCUT2D eigenvalue weighted by Gasteiger charge is 2.37. The monoisotopic (exact) mass is 358 g/mol. The molecule has 0 radical (unpaired) electrons. The Morgan fingerprint density at radius 3 is 2.38 bits per heavy atom. The zero-order chi connectivity index (χ0) is 18.1. The van der Waals surface area contributed by atoms with Crippen molar-refractivity contribution < 1.29 is 9.05 Å². The van der Waals surface area contributed by atoms with Crippen LogP contribution >= 0.6 is 8.38 Å². The summed E-state index contributed by atoms with van der Waals surface area (Å²) in [6.45, 7) is 8.13. The molecule has 1 aliphatic rings. The molecule has 1 aliphatic heterocycles. The van der Waals surface area contributed by atoms with E-state index in [1.165, 1.54) is 6.42 Å². The third-order valence-electron chi connectivity index (χ3n) is 4.30. The second kappa shape index (κ2) is 11.4. The van der Waals surface area contributed by atoms with Gasteiger partial charge in [-0.1, -0.05) is 13.8 Å². The second-order valence-electron chi connectivity index (χ2n) is 6.87. The molecule has 0 aliphatic carbocycles. The molecule has 6 nitrogen and oxygen atoms in total. The Labute approximate surface area is 149 Å². The Kier molecular flexibility index (Phi) is 10.3. The number of hydrogen-bond donors (Lipinski definition) is 0. The van der Waals surface area contributed by atoms with Crippen molar-refractivity contribution in [1.29, 1.82) is 5.26 Å². The quantitative estimate of drug-likeness (QED) is 0.322.